The van der Waals surface area contributed by atoms with E-state index in [9.17, 15) is 14.4 Å². The van der Waals surface area contributed by atoms with Gasteiger partial charge in [0.05, 0.1) is 19.3 Å². The Morgan fingerprint density at radius 1 is 1.07 bits per heavy atom. The molecule has 3 amide bonds. The number of benzene rings is 2. The summed E-state index contributed by atoms with van der Waals surface area (Å²) in [6.07, 6.45) is 5.02. The molecule has 1 fully saturated rings. The first-order valence-corrected chi connectivity index (χ1v) is 14.0. The van der Waals surface area contributed by atoms with Gasteiger partial charge in [0, 0.05) is 31.4 Å². The van der Waals surface area contributed by atoms with Gasteiger partial charge in [0.15, 0.2) is 5.69 Å². The molecule has 5 N–H and O–H groups in total. The van der Waals surface area contributed by atoms with Gasteiger partial charge in [-0.15, -0.1) is 0 Å². The van der Waals surface area contributed by atoms with Gasteiger partial charge < -0.3 is 31.3 Å². The molecule has 11 heteroatoms. The van der Waals surface area contributed by atoms with Crippen LogP contribution in [-0.4, -0.2) is 54.2 Å². The fraction of sp³-hybridized carbons (Fsp3) is 0.379. The van der Waals surface area contributed by atoms with Gasteiger partial charge in [0.1, 0.15) is 16.7 Å². The maximum atomic E-state index is 14.2. The summed E-state index contributed by atoms with van der Waals surface area (Å²) in [5.41, 5.74) is 13.6. The molecule has 40 heavy (non-hydrogen) atoms. The van der Waals surface area contributed by atoms with Crippen molar-refractivity contribution in [1.82, 2.24) is 14.6 Å². The molecule has 0 spiro atoms. The number of carbonyl (C=O) groups is 3. The number of rotatable bonds is 10. The summed E-state index contributed by atoms with van der Waals surface area (Å²) in [6.45, 7) is 0.0459. The smallest absolute Gasteiger partial charge is 0.270 e. The van der Waals surface area contributed by atoms with E-state index in [0.717, 1.165) is 49.3 Å². The number of hydrogen-bond acceptors (Lipinski definition) is 8. The van der Waals surface area contributed by atoms with Crippen LogP contribution in [0.4, 0.5) is 11.4 Å². The molecule has 1 aromatic heterocycles. The fourth-order valence-corrected chi connectivity index (χ4v) is 5.77. The summed E-state index contributed by atoms with van der Waals surface area (Å²) in [6, 6.07) is 13.9. The topological polar surface area (TPSA) is 144 Å². The lowest BCUT2D eigenvalue weighted by atomic mass is 9.94. The molecule has 0 bridgehead atoms. The fourth-order valence-electron chi connectivity index (χ4n) is 5.01. The van der Waals surface area contributed by atoms with E-state index in [0.29, 0.717) is 16.9 Å². The van der Waals surface area contributed by atoms with E-state index in [2.05, 4.69) is 9.69 Å². The zero-order valence-electron chi connectivity index (χ0n) is 23.1. The quantitative estimate of drug-likeness (QED) is 0.340. The Hall–Kier alpha value is -4.12. The highest BCUT2D eigenvalue weighted by Crippen LogP contribution is 2.33. The maximum Gasteiger partial charge on any atom is 0.270 e. The van der Waals surface area contributed by atoms with Crippen LogP contribution < -0.4 is 26.4 Å². The van der Waals surface area contributed by atoms with Crippen molar-refractivity contribution < 1.29 is 19.1 Å². The highest BCUT2D eigenvalue weighted by molar-refractivity contribution is 7.09. The molecule has 1 saturated carbocycles. The van der Waals surface area contributed by atoms with Gasteiger partial charge in [0.2, 0.25) is 5.91 Å². The van der Waals surface area contributed by atoms with Gasteiger partial charge in [-0.1, -0.05) is 49.6 Å². The average Bonchev–Trinajstić information content (AvgIpc) is 3.34. The van der Waals surface area contributed by atoms with Crippen LogP contribution in [-0.2, 0) is 11.3 Å². The van der Waals surface area contributed by atoms with Crippen LogP contribution in [0.3, 0.4) is 0 Å². The first-order valence-electron chi connectivity index (χ1n) is 13.3. The summed E-state index contributed by atoms with van der Waals surface area (Å²) in [5.74, 6) is -1.07. The molecule has 1 aliphatic carbocycles. The van der Waals surface area contributed by atoms with Crippen molar-refractivity contribution in [2.24, 2.45) is 5.73 Å². The molecule has 3 aromatic rings. The Morgan fingerprint density at radius 3 is 2.35 bits per heavy atom. The number of nitrogens with two attached hydrogens (primary N) is 2. The number of para-hydroxylation sites is 1. The summed E-state index contributed by atoms with van der Waals surface area (Å²) in [7, 11) is 5.42. The van der Waals surface area contributed by atoms with Crippen molar-refractivity contribution in [2.75, 3.05) is 31.8 Å². The number of nitrogens with one attached hydrogen (secondary N) is 1. The zero-order valence-corrected chi connectivity index (χ0v) is 23.9. The second-order valence-corrected chi connectivity index (χ2v) is 10.9. The van der Waals surface area contributed by atoms with Crippen molar-refractivity contribution in [1.29, 1.82) is 0 Å². The Balaban J connectivity index is 1.82. The Bertz CT molecular complexity index is 1350. The second kappa shape index (κ2) is 12.8. The molecule has 0 saturated heterocycles. The van der Waals surface area contributed by atoms with Gasteiger partial charge in [0.25, 0.3) is 11.8 Å². The van der Waals surface area contributed by atoms with Gasteiger partial charge in [-0.2, -0.15) is 4.37 Å². The number of nitrogens with zero attached hydrogens (tertiary/aromatic N) is 3. The predicted octanol–water partition coefficient (Wildman–Crippen LogP) is 3.73. The minimum absolute atomic E-state index is 0.0305. The number of nitrogen functional groups attached to an aromatic ring is 1. The van der Waals surface area contributed by atoms with E-state index in [1.807, 2.05) is 61.5 Å². The van der Waals surface area contributed by atoms with Gasteiger partial charge in [-0.25, -0.2) is 0 Å². The number of methoxy groups -OCH3 is 1. The van der Waals surface area contributed by atoms with E-state index in [4.69, 9.17) is 16.2 Å². The third-order valence-corrected chi connectivity index (χ3v) is 8.04. The normalized spacial score (nSPS) is 14.3. The van der Waals surface area contributed by atoms with Crippen LogP contribution >= 0.6 is 11.5 Å². The van der Waals surface area contributed by atoms with Crippen molar-refractivity contribution in [2.45, 2.75) is 50.7 Å². The van der Waals surface area contributed by atoms with E-state index in [1.54, 1.807) is 13.2 Å². The van der Waals surface area contributed by atoms with Crippen molar-refractivity contribution in [3.63, 3.8) is 0 Å². The number of ether oxygens (including phenoxy) is 1. The first kappa shape index (κ1) is 28.9. The molecule has 0 unspecified atom stereocenters. The standard InChI is InChI=1S/C29H36N6O4S/c1-34(2)21-15-13-18(14-16-21)25(28(37)32-20-10-5-4-6-11-20)35(17-19-9-7-8-12-22(19)39-3)29(38)26-23(30)24(27(31)36)33-40-26/h7-9,12-16,20,25H,4-6,10-11,17,30H2,1-3H3,(H2,31,36)(H,32,37)/t25-/m0/s1. The second-order valence-electron chi connectivity index (χ2n) is 10.1. The van der Waals surface area contributed by atoms with Crippen LogP contribution in [0.15, 0.2) is 48.5 Å². The van der Waals surface area contributed by atoms with Crippen LogP contribution in [0.2, 0.25) is 0 Å². The molecule has 212 valence electrons. The van der Waals surface area contributed by atoms with Crippen LogP contribution in [0.1, 0.15) is 69.4 Å². The number of carbonyl (C=O) groups excluding carboxylic acids is 3. The Labute approximate surface area is 238 Å². The van der Waals surface area contributed by atoms with Crippen molar-refractivity contribution >= 4 is 40.6 Å². The molecule has 4 rings (SSSR count). The average molecular weight is 565 g/mol. The minimum Gasteiger partial charge on any atom is -0.496 e. The molecule has 2 aromatic carbocycles. The Kier molecular flexibility index (Phi) is 9.26. The van der Waals surface area contributed by atoms with E-state index in [-0.39, 0.29) is 34.8 Å². The summed E-state index contributed by atoms with van der Waals surface area (Å²) in [5, 5.41) is 3.20. The predicted molar refractivity (Wildman–Crippen MR) is 156 cm³/mol. The summed E-state index contributed by atoms with van der Waals surface area (Å²) < 4.78 is 9.59. The van der Waals surface area contributed by atoms with E-state index in [1.165, 1.54) is 4.90 Å². The van der Waals surface area contributed by atoms with Crippen LogP contribution in [0.5, 0.6) is 5.75 Å². The van der Waals surface area contributed by atoms with Gasteiger partial charge >= 0.3 is 0 Å². The van der Waals surface area contributed by atoms with E-state index < -0.39 is 17.9 Å². The molecule has 1 atom stereocenters. The largest absolute Gasteiger partial charge is 0.496 e. The molecule has 0 aliphatic heterocycles. The zero-order chi connectivity index (χ0) is 28.8. The molecule has 10 nitrogen and oxygen atoms in total. The molecule has 1 aliphatic rings. The maximum absolute atomic E-state index is 14.2. The highest BCUT2D eigenvalue weighted by Gasteiger charge is 2.36. The van der Waals surface area contributed by atoms with E-state index >= 15 is 0 Å². The molecular weight excluding hydrogens is 528 g/mol. The molecule has 0 radical (unpaired) electrons. The molecular formula is C29H36N6O4S. The van der Waals surface area contributed by atoms with Gasteiger partial charge in [-0.3, -0.25) is 14.4 Å². The highest BCUT2D eigenvalue weighted by atomic mass is 32.1. The van der Waals surface area contributed by atoms with Crippen molar-refractivity contribution in [3.05, 3.63) is 70.2 Å². The number of primary amides is 1. The number of hydrogen-bond donors (Lipinski definition) is 3. The number of aromatic nitrogens is 1. The Morgan fingerprint density at radius 2 is 1.75 bits per heavy atom. The third kappa shape index (κ3) is 6.36. The third-order valence-electron chi connectivity index (χ3n) is 7.19. The lowest BCUT2D eigenvalue weighted by molar-refractivity contribution is -0.127. The van der Waals surface area contributed by atoms with Crippen LogP contribution in [0.25, 0.3) is 0 Å². The summed E-state index contributed by atoms with van der Waals surface area (Å²) in [4.78, 5) is 43.6. The van der Waals surface area contributed by atoms with Crippen molar-refractivity contribution in [3.8, 4) is 5.75 Å². The number of amides is 3. The van der Waals surface area contributed by atoms with Crippen LogP contribution in [0, 0.1) is 0 Å². The SMILES string of the molecule is COc1ccccc1CN(C(=O)c1snc(C(N)=O)c1N)[C@H](C(=O)NC1CCCCC1)c1ccc(N(C)C)cc1. The lowest BCUT2D eigenvalue weighted by Gasteiger charge is -2.33. The molecule has 1 heterocycles. The number of anilines is 2. The van der Waals surface area contributed by atoms with Gasteiger partial charge in [-0.05, 0) is 48.1 Å². The minimum atomic E-state index is -0.992. The monoisotopic (exact) mass is 564 g/mol. The first-order chi connectivity index (χ1) is 19.2. The summed E-state index contributed by atoms with van der Waals surface area (Å²) >= 11 is 0.791. The lowest BCUT2D eigenvalue weighted by Crippen LogP contribution is -2.46.